The van der Waals surface area contributed by atoms with Gasteiger partial charge in [-0.05, 0) is 25.5 Å². The fourth-order valence-corrected chi connectivity index (χ4v) is 2.06. The van der Waals surface area contributed by atoms with E-state index < -0.39 is 11.6 Å². The molecule has 1 aromatic carbocycles. The zero-order valence-electron chi connectivity index (χ0n) is 11.1. The van der Waals surface area contributed by atoms with Gasteiger partial charge in [0.05, 0.1) is 0 Å². The van der Waals surface area contributed by atoms with E-state index in [0.717, 1.165) is 25.5 Å². The summed E-state index contributed by atoms with van der Waals surface area (Å²) < 4.78 is 28.9. The molecule has 0 aliphatic carbocycles. The Bertz CT molecular complexity index is 591. The highest BCUT2D eigenvalue weighted by Crippen LogP contribution is 2.29. The van der Waals surface area contributed by atoms with Crippen molar-refractivity contribution in [1.29, 1.82) is 0 Å². The van der Waals surface area contributed by atoms with Crippen LogP contribution in [0.5, 0.6) is 0 Å². The number of nitrogens with two attached hydrogens (primary N) is 1. The van der Waals surface area contributed by atoms with Crippen LogP contribution in [0.1, 0.15) is 25.6 Å². The first kappa shape index (κ1) is 13.5. The molecule has 0 amide bonds. The lowest BCUT2D eigenvalue weighted by molar-refractivity contribution is 0.511. The number of nitrogen functional groups attached to an aromatic ring is 1. The summed E-state index contributed by atoms with van der Waals surface area (Å²) in [5.74, 6) is -0.702. The molecule has 0 atom stereocenters. The van der Waals surface area contributed by atoms with Gasteiger partial charge in [-0.25, -0.2) is 13.8 Å². The number of imidazole rings is 1. The summed E-state index contributed by atoms with van der Waals surface area (Å²) in [7, 11) is 0. The maximum atomic E-state index is 13.8. The Labute approximate surface area is 111 Å². The number of unbranched alkanes of at least 4 members (excludes halogenated alkanes) is 1. The van der Waals surface area contributed by atoms with Crippen LogP contribution >= 0.6 is 0 Å². The van der Waals surface area contributed by atoms with E-state index in [4.69, 9.17) is 5.73 Å². The Balaban J connectivity index is 2.49. The molecule has 1 aromatic heterocycles. The van der Waals surface area contributed by atoms with Crippen LogP contribution in [0.3, 0.4) is 0 Å². The summed E-state index contributed by atoms with van der Waals surface area (Å²) in [5.41, 5.74) is 6.43. The van der Waals surface area contributed by atoms with Crippen LogP contribution in [0.25, 0.3) is 11.3 Å². The zero-order chi connectivity index (χ0) is 14.0. The van der Waals surface area contributed by atoms with Crippen molar-refractivity contribution in [2.45, 2.75) is 33.2 Å². The van der Waals surface area contributed by atoms with E-state index in [1.807, 2.05) is 11.5 Å². The number of hydrogen-bond donors (Lipinski definition) is 1. The number of anilines is 1. The monoisotopic (exact) mass is 265 g/mol. The standard InChI is InChI=1S/C14H17F2N3/c1-3-4-8-19-9(2)18-13(14(19)17)10-6-5-7-11(15)12(10)16/h5-7H,3-4,8,17H2,1-2H3. The minimum Gasteiger partial charge on any atom is -0.383 e. The largest absolute Gasteiger partial charge is 0.383 e. The molecule has 2 rings (SSSR count). The number of rotatable bonds is 4. The van der Waals surface area contributed by atoms with E-state index in [-0.39, 0.29) is 5.56 Å². The number of aryl methyl sites for hydroxylation is 1. The molecule has 3 nitrogen and oxygen atoms in total. The van der Waals surface area contributed by atoms with Crippen LogP contribution in [0.4, 0.5) is 14.6 Å². The minimum absolute atomic E-state index is 0.107. The fourth-order valence-electron chi connectivity index (χ4n) is 2.06. The molecule has 0 fully saturated rings. The highest BCUT2D eigenvalue weighted by Gasteiger charge is 2.18. The van der Waals surface area contributed by atoms with Crippen LogP contribution < -0.4 is 5.73 Å². The summed E-state index contributed by atoms with van der Waals surface area (Å²) in [6.45, 7) is 4.63. The molecule has 0 aliphatic rings. The van der Waals surface area contributed by atoms with E-state index in [1.54, 1.807) is 0 Å². The third-order valence-electron chi connectivity index (χ3n) is 3.14. The molecule has 0 aliphatic heterocycles. The zero-order valence-corrected chi connectivity index (χ0v) is 11.1. The number of aromatic nitrogens is 2. The van der Waals surface area contributed by atoms with Gasteiger partial charge in [0.1, 0.15) is 17.3 Å². The van der Waals surface area contributed by atoms with E-state index in [2.05, 4.69) is 11.9 Å². The molecule has 0 bridgehead atoms. The molecule has 0 radical (unpaired) electrons. The van der Waals surface area contributed by atoms with Gasteiger partial charge in [-0.3, -0.25) is 0 Å². The molecular weight excluding hydrogens is 248 g/mol. The van der Waals surface area contributed by atoms with E-state index >= 15 is 0 Å². The van der Waals surface area contributed by atoms with E-state index in [1.165, 1.54) is 12.1 Å². The molecule has 5 heteroatoms. The number of hydrogen-bond acceptors (Lipinski definition) is 2. The van der Waals surface area contributed by atoms with Crippen LogP contribution in [-0.4, -0.2) is 9.55 Å². The summed E-state index contributed by atoms with van der Waals surface area (Å²) in [6, 6.07) is 4.02. The first-order valence-electron chi connectivity index (χ1n) is 6.33. The molecule has 0 unspecified atom stereocenters. The van der Waals surface area contributed by atoms with Gasteiger partial charge < -0.3 is 10.3 Å². The Morgan fingerprint density at radius 2 is 2.05 bits per heavy atom. The SMILES string of the molecule is CCCCn1c(C)nc(-c2cccc(F)c2F)c1N. The molecular formula is C14H17F2N3. The van der Waals surface area contributed by atoms with E-state index in [9.17, 15) is 8.78 Å². The summed E-state index contributed by atoms with van der Waals surface area (Å²) in [4.78, 5) is 4.27. The van der Waals surface area contributed by atoms with Gasteiger partial charge in [0.25, 0.3) is 0 Å². The average Bonchev–Trinajstić information content (AvgIpc) is 2.66. The lowest BCUT2D eigenvalue weighted by atomic mass is 10.1. The highest BCUT2D eigenvalue weighted by atomic mass is 19.2. The third-order valence-corrected chi connectivity index (χ3v) is 3.14. The van der Waals surface area contributed by atoms with Gasteiger partial charge in [-0.1, -0.05) is 19.4 Å². The quantitative estimate of drug-likeness (QED) is 0.919. The van der Waals surface area contributed by atoms with Crippen molar-refractivity contribution < 1.29 is 8.78 Å². The molecule has 0 spiro atoms. The predicted octanol–water partition coefficient (Wildman–Crippen LogP) is 3.52. The number of nitrogens with zero attached hydrogens (tertiary/aromatic N) is 2. The summed E-state index contributed by atoms with van der Waals surface area (Å²) in [5, 5.41) is 0. The van der Waals surface area contributed by atoms with Crippen molar-refractivity contribution in [3.8, 4) is 11.3 Å². The average molecular weight is 265 g/mol. The third kappa shape index (κ3) is 2.45. The van der Waals surface area contributed by atoms with Crippen molar-refractivity contribution in [2.75, 3.05) is 5.73 Å². The van der Waals surface area contributed by atoms with Gasteiger partial charge in [0.15, 0.2) is 11.6 Å². The molecule has 0 saturated carbocycles. The summed E-state index contributed by atoms with van der Waals surface area (Å²) >= 11 is 0. The smallest absolute Gasteiger partial charge is 0.168 e. The predicted molar refractivity (Wildman–Crippen MR) is 71.6 cm³/mol. The molecule has 1 heterocycles. The molecule has 102 valence electrons. The van der Waals surface area contributed by atoms with Gasteiger partial charge in [-0.2, -0.15) is 0 Å². The summed E-state index contributed by atoms with van der Waals surface area (Å²) in [6.07, 6.45) is 1.99. The molecule has 2 aromatic rings. The van der Waals surface area contributed by atoms with Crippen LogP contribution in [-0.2, 0) is 6.54 Å². The first-order chi connectivity index (χ1) is 9.06. The number of benzene rings is 1. The van der Waals surface area contributed by atoms with Crippen molar-refractivity contribution in [2.24, 2.45) is 0 Å². The van der Waals surface area contributed by atoms with Crippen LogP contribution in [0.2, 0.25) is 0 Å². The number of halogens is 2. The van der Waals surface area contributed by atoms with Crippen molar-refractivity contribution in [3.63, 3.8) is 0 Å². The Morgan fingerprint density at radius 1 is 1.32 bits per heavy atom. The highest BCUT2D eigenvalue weighted by molar-refractivity contribution is 5.71. The van der Waals surface area contributed by atoms with Crippen molar-refractivity contribution in [1.82, 2.24) is 9.55 Å². The van der Waals surface area contributed by atoms with Crippen molar-refractivity contribution in [3.05, 3.63) is 35.7 Å². The molecule has 0 saturated heterocycles. The van der Waals surface area contributed by atoms with Crippen LogP contribution in [0.15, 0.2) is 18.2 Å². The second-order valence-corrected chi connectivity index (χ2v) is 4.50. The first-order valence-corrected chi connectivity index (χ1v) is 6.33. The maximum absolute atomic E-state index is 13.8. The van der Waals surface area contributed by atoms with Crippen LogP contribution in [0, 0.1) is 18.6 Å². The Hall–Kier alpha value is -1.91. The van der Waals surface area contributed by atoms with Gasteiger partial charge in [-0.15, -0.1) is 0 Å². The minimum atomic E-state index is -0.908. The molecule has 2 N–H and O–H groups in total. The topological polar surface area (TPSA) is 43.8 Å². The fraction of sp³-hybridized carbons (Fsp3) is 0.357. The van der Waals surface area contributed by atoms with E-state index in [0.29, 0.717) is 17.3 Å². The van der Waals surface area contributed by atoms with Gasteiger partial charge in [0.2, 0.25) is 0 Å². The second kappa shape index (κ2) is 5.38. The Kier molecular flexibility index (Phi) is 3.83. The lowest BCUT2D eigenvalue weighted by Gasteiger charge is -2.07. The lowest BCUT2D eigenvalue weighted by Crippen LogP contribution is -2.05. The molecule has 19 heavy (non-hydrogen) atoms. The maximum Gasteiger partial charge on any atom is 0.168 e. The Morgan fingerprint density at radius 3 is 2.74 bits per heavy atom. The van der Waals surface area contributed by atoms with Gasteiger partial charge in [0, 0.05) is 12.1 Å². The van der Waals surface area contributed by atoms with Gasteiger partial charge >= 0.3 is 0 Å². The van der Waals surface area contributed by atoms with Crippen molar-refractivity contribution >= 4 is 5.82 Å². The second-order valence-electron chi connectivity index (χ2n) is 4.50. The normalized spacial score (nSPS) is 10.9.